The highest BCUT2D eigenvalue weighted by Crippen LogP contribution is 2.37. The molecule has 1 aliphatic carbocycles. The van der Waals surface area contributed by atoms with E-state index in [1.165, 1.54) is 11.1 Å². The van der Waals surface area contributed by atoms with E-state index in [-0.39, 0.29) is 18.4 Å². The fourth-order valence-electron chi connectivity index (χ4n) is 3.25. The molecule has 0 spiro atoms. The lowest BCUT2D eigenvalue weighted by Gasteiger charge is -2.18. The highest BCUT2D eigenvalue weighted by atomic mass is 16.3. The number of carbonyl (C=O) groups is 2. The normalized spacial score (nSPS) is 19.7. The first-order valence-corrected chi connectivity index (χ1v) is 8.55. The van der Waals surface area contributed by atoms with Gasteiger partial charge in [0.05, 0.1) is 6.61 Å². The molecule has 2 atom stereocenters. The SMILES string of the molecule is CC(C)=CCCC(C)=CCCC(C=O)C1CCC(CO)=C1C=O. The number of hydrogen-bond donors (Lipinski definition) is 1. The summed E-state index contributed by atoms with van der Waals surface area (Å²) in [5.41, 5.74) is 4.16. The Morgan fingerprint density at radius 3 is 2.52 bits per heavy atom. The summed E-state index contributed by atoms with van der Waals surface area (Å²) in [7, 11) is 0. The number of allylic oxidation sites excluding steroid dienone is 5. The van der Waals surface area contributed by atoms with Crippen LogP contribution in [0.15, 0.2) is 34.4 Å². The molecule has 0 bridgehead atoms. The molecule has 2 unspecified atom stereocenters. The Hall–Kier alpha value is -1.48. The summed E-state index contributed by atoms with van der Waals surface area (Å²) in [5.74, 6) is -0.132. The van der Waals surface area contributed by atoms with Gasteiger partial charge in [0, 0.05) is 5.92 Å². The molecule has 1 N–H and O–H groups in total. The number of aliphatic hydroxyl groups excluding tert-OH is 1. The van der Waals surface area contributed by atoms with Crippen LogP contribution >= 0.6 is 0 Å². The smallest absolute Gasteiger partial charge is 0.146 e. The number of aliphatic hydroxyl groups is 1. The minimum atomic E-state index is -0.124. The number of hydrogen-bond acceptors (Lipinski definition) is 3. The van der Waals surface area contributed by atoms with Crippen LogP contribution in [0.3, 0.4) is 0 Å². The van der Waals surface area contributed by atoms with Crippen molar-refractivity contribution in [2.45, 2.75) is 59.3 Å². The summed E-state index contributed by atoms with van der Waals surface area (Å²) in [4.78, 5) is 22.7. The van der Waals surface area contributed by atoms with Gasteiger partial charge in [-0.05, 0) is 76.4 Å². The Bertz CT molecular complexity index is 493. The molecule has 3 heteroatoms. The molecule has 128 valence electrons. The van der Waals surface area contributed by atoms with Crippen molar-refractivity contribution >= 4 is 12.6 Å². The summed E-state index contributed by atoms with van der Waals surface area (Å²) in [5, 5.41) is 9.29. The second kappa shape index (κ2) is 10.3. The molecular formula is C20H30O3. The van der Waals surface area contributed by atoms with E-state index < -0.39 is 0 Å². The van der Waals surface area contributed by atoms with Gasteiger partial charge in [-0.3, -0.25) is 4.79 Å². The Balaban J connectivity index is 2.54. The largest absolute Gasteiger partial charge is 0.392 e. The van der Waals surface area contributed by atoms with Crippen molar-refractivity contribution in [3.63, 3.8) is 0 Å². The molecule has 0 aromatic rings. The second-order valence-corrected chi connectivity index (χ2v) is 6.73. The average Bonchev–Trinajstić information content (AvgIpc) is 2.94. The van der Waals surface area contributed by atoms with Crippen molar-refractivity contribution in [1.82, 2.24) is 0 Å². The zero-order chi connectivity index (χ0) is 17.2. The fraction of sp³-hybridized carbons (Fsp3) is 0.600. The molecule has 23 heavy (non-hydrogen) atoms. The molecule has 1 aliphatic rings. The third kappa shape index (κ3) is 6.26. The summed E-state index contributed by atoms with van der Waals surface area (Å²) in [6.45, 7) is 6.27. The first-order chi connectivity index (χ1) is 11.0. The van der Waals surface area contributed by atoms with Gasteiger partial charge < -0.3 is 9.90 Å². The third-order valence-electron chi connectivity index (χ3n) is 4.66. The van der Waals surface area contributed by atoms with Crippen LogP contribution in [0.4, 0.5) is 0 Å². The Morgan fingerprint density at radius 1 is 1.22 bits per heavy atom. The summed E-state index contributed by atoms with van der Waals surface area (Å²) in [6, 6.07) is 0. The summed E-state index contributed by atoms with van der Waals surface area (Å²) >= 11 is 0. The maximum absolute atomic E-state index is 11.4. The van der Waals surface area contributed by atoms with E-state index >= 15 is 0 Å². The molecule has 0 saturated carbocycles. The van der Waals surface area contributed by atoms with Crippen molar-refractivity contribution < 1.29 is 14.7 Å². The molecule has 0 amide bonds. The van der Waals surface area contributed by atoms with E-state index in [2.05, 4.69) is 32.9 Å². The van der Waals surface area contributed by atoms with Gasteiger partial charge in [0.2, 0.25) is 0 Å². The van der Waals surface area contributed by atoms with E-state index in [1.807, 2.05) is 0 Å². The van der Waals surface area contributed by atoms with E-state index in [1.54, 1.807) is 0 Å². The molecule has 3 nitrogen and oxygen atoms in total. The number of aldehydes is 2. The van der Waals surface area contributed by atoms with Crippen LogP contribution in [0.2, 0.25) is 0 Å². The topological polar surface area (TPSA) is 54.4 Å². The van der Waals surface area contributed by atoms with Crippen LogP contribution in [0.25, 0.3) is 0 Å². The lowest BCUT2D eigenvalue weighted by molar-refractivity contribution is -0.112. The molecule has 0 saturated heterocycles. The van der Waals surface area contributed by atoms with Gasteiger partial charge in [0.15, 0.2) is 0 Å². The highest BCUT2D eigenvalue weighted by molar-refractivity contribution is 5.78. The number of rotatable bonds is 10. The molecular weight excluding hydrogens is 288 g/mol. The van der Waals surface area contributed by atoms with Crippen LogP contribution in [0.1, 0.15) is 59.3 Å². The van der Waals surface area contributed by atoms with Crippen LogP contribution in [0.5, 0.6) is 0 Å². The van der Waals surface area contributed by atoms with Gasteiger partial charge in [-0.1, -0.05) is 23.3 Å². The highest BCUT2D eigenvalue weighted by Gasteiger charge is 2.30. The molecule has 0 aromatic carbocycles. The van der Waals surface area contributed by atoms with Gasteiger partial charge in [-0.2, -0.15) is 0 Å². The van der Waals surface area contributed by atoms with Crippen LogP contribution < -0.4 is 0 Å². The Kier molecular flexibility index (Phi) is 8.78. The molecule has 0 fully saturated rings. The van der Waals surface area contributed by atoms with Crippen LogP contribution in [0, 0.1) is 11.8 Å². The minimum absolute atomic E-state index is 0.00784. The van der Waals surface area contributed by atoms with Crippen LogP contribution in [-0.4, -0.2) is 24.3 Å². The minimum Gasteiger partial charge on any atom is -0.392 e. The van der Waals surface area contributed by atoms with Crippen molar-refractivity contribution in [3.8, 4) is 0 Å². The van der Waals surface area contributed by atoms with Crippen molar-refractivity contribution in [2.75, 3.05) is 6.61 Å². The molecule has 0 radical (unpaired) electrons. The van der Waals surface area contributed by atoms with E-state index in [9.17, 15) is 14.7 Å². The predicted molar refractivity (Wildman–Crippen MR) is 94.1 cm³/mol. The quantitative estimate of drug-likeness (QED) is 0.486. The fourth-order valence-corrected chi connectivity index (χ4v) is 3.25. The standard InChI is InChI=1S/C20H30O3/c1-15(2)6-4-7-16(3)8-5-9-17(12-21)19-11-10-18(13-22)20(19)14-23/h6,8,12,14,17,19,22H,4-5,7,9-11,13H2,1-3H3. The zero-order valence-electron chi connectivity index (χ0n) is 14.7. The van der Waals surface area contributed by atoms with Crippen molar-refractivity contribution in [2.24, 2.45) is 11.8 Å². The molecule has 1 rings (SSSR count). The van der Waals surface area contributed by atoms with E-state index in [0.29, 0.717) is 5.57 Å². The first kappa shape index (κ1) is 19.6. The third-order valence-corrected chi connectivity index (χ3v) is 4.66. The Morgan fingerprint density at radius 2 is 1.96 bits per heavy atom. The van der Waals surface area contributed by atoms with Gasteiger partial charge in [-0.15, -0.1) is 0 Å². The van der Waals surface area contributed by atoms with E-state index in [4.69, 9.17) is 0 Å². The molecule has 0 aliphatic heterocycles. The molecule has 0 aromatic heterocycles. The van der Waals surface area contributed by atoms with Gasteiger partial charge in [0.25, 0.3) is 0 Å². The Labute approximate surface area is 140 Å². The monoisotopic (exact) mass is 318 g/mol. The summed E-state index contributed by atoms with van der Waals surface area (Å²) < 4.78 is 0. The predicted octanol–water partition coefficient (Wildman–Crippen LogP) is 4.17. The maximum Gasteiger partial charge on any atom is 0.146 e. The van der Waals surface area contributed by atoms with Gasteiger partial charge >= 0.3 is 0 Å². The van der Waals surface area contributed by atoms with Crippen molar-refractivity contribution in [3.05, 3.63) is 34.4 Å². The van der Waals surface area contributed by atoms with E-state index in [0.717, 1.165) is 56.7 Å². The lowest BCUT2D eigenvalue weighted by Crippen LogP contribution is -2.17. The molecule has 0 heterocycles. The summed E-state index contributed by atoms with van der Waals surface area (Å²) in [6.07, 6.45) is 11.5. The van der Waals surface area contributed by atoms with Gasteiger partial charge in [-0.25, -0.2) is 0 Å². The lowest BCUT2D eigenvalue weighted by atomic mass is 9.84. The van der Waals surface area contributed by atoms with Crippen LogP contribution in [-0.2, 0) is 9.59 Å². The average molecular weight is 318 g/mol. The van der Waals surface area contributed by atoms with Crippen molar-refractivity contribution in [1.29, 1.82) is 0 Å². The zero-order valence-corrected chi connectivity index (χ0v) is 14.7. The number of carbonyl (C=O) groups excluding carboxylic acids is 2. The van der Waals surface area contributed by atoms with Gasteiger partial charge in [0.1, 0.15) is 12.6 Å². The first-order valence-electron chi connectivity index (χ1n) is 8.55. The maximum atomic E-state index is 11.4. The second-order valence-electron chi connectivity index (χ2n) is 6.73.